The van der Waals surface area contributed by atoms with Crippen molar-refractivity contribution >= 4 is 28.5 Å². The molecule has 1 N–H and O–H groups in total. The molecule has 0 saturated heterocycles. The third-order valence-electron chi connectivity index (χ3n) is 7.02. The highest BCUT2D eigenvalue weighted by Gasteiger charge is 2.35. The van der Waals surface area contributed by atoms with Crippen molar-refractivity contribution in [1.82, 2.24) is 19.9 Å². The number of imidazole rings is 1. The Hall–Kier alpha value is -3.78. The van der Waals surface area contributed by atoms with E-state index in [9.17, 15) is 13.6 Å². The number of carbonyl (C=O) groups excluding carboxylic acids is 1. The fourth-order valence-electron chi connectivity index (χ4n) is 4.82. The number of aromatic nitrogens is 3. The summed E-state index contributed by atoms with van der Waals surface area (Å²) in [6.07, 6.45) is 9.24. The Labute approximate surface area is 224 Å². The second-order valence-corrected chi connectivity index (χ2v) is 10.4. The van der Waals surface area contributed by atoms with Gasteiger partial charge in [-0.15, -0.1) is 0 Å². The number of amides is 1. The van der Waals surface area contributed by atoms with Gasteiger partial charge in [0.05, 0.1) is 23.4 Å². The molecule has 1 aliphatic carbocycles. The molecule has 2 aromatic heterocycles. The van der Waals surface area contributed by atoms with E-state index in [0.717, 1.165) is 28.2 Å². The van der Waals surface area contributed by atoms with Gasteiger partial charge in [0, 0.05) is 16.5 Å². The van der Waals surface area contributed by atoms with Crippen molar-refractivity contribution in [1.29, 1.82) is 0 Å². The van der Waals surface area contributed by atoms with Crippen molar-refractivity contribution in [2.75, 3.05) is 0 Å². The van der Waals surface area contributed by atoms with E-state index in [4.69, 9.17) is 16.0 Å². The second-order valence-electron chi connectivity index (χ2n) is 10.0. The first-order valence-electron chi connectivity index (χ1n) is 12.3. The molecule has 2 heterocycles. The topological polar surface area (TPSA) is 73.0 Å². The SMILES string of the molecule is Cc1cc2ncn(CC(=O)NC(Cc3cc(F)cc(F)c3)c3ncoc3C3(C)C=CC(Cl)=CC3)c2cc1C. The lowest BCUT2D eigenvalue weighted by atomic mass is 9.79. The first-order valence-corrected chi connectivity index (χ1v) is 12.6. The van der Waals surface area contributed by atoms with Crippen LogP contribution in [0.2, 0.25) is 0 Å². The number of nitrogens with zero attached hydrogens (tertiary/aromatic N) is 3. The van der Waals surface area contributed by atoms with E-state index in [0.29, 0.717) is 28.5 Å². The zero-order valence-corrected chi connectivity index (χ0v) is 22.0. The molecule has 0 fully saturated rings. The highest BCUT2D eigenvalue weighted by molar-refractivity contribution is 6.31. The minimum Gasteiger partial charge on any atom is -0.447 e. The minimum atomic E-state index is -0.706. The molecule has 0 saturated carbocycles. The number of carbonyl (C=O) groups is 1. The number of hydrogen-bond donors (Lipinski definition) is 1. The summed E-state index contributed by atoms with van der Waals surface area (Å²) in [6.45, 7) is 6.02. The van der Waals surface area contributed by atoms with Crippen LogP contribution in [0.4, 0.5) is 8.78 Å². The Kier molecular flexibility index (Phi) is 6.92. The molecule has 9 heteroatoms. The monoisotopic (exact) mass is 536 g/mol. The number of benzene rings is 2. The Morgan fingerprint density at radius 1 is 1.16 bits per heavy atom. The van der Waals surface area contributed by atoms with Gasteiger partial charge in [0.15, 0.2) is 6.39 Å². The van der Waals surface area contributed by atoms with Crippen LogP contribution in [-0.4, -0.2) is 20.4 Å². The third kappa shape index (κ3) is 5.27. The summed E-state index contributed by atoms with van der Waals surface area (Å²) in [5, 5.41) is 3.65. The number of rotatable bonds is 7. The molecule has 2 atom stereocenters. The average molecular weight is 537 g/mol. The van der Waals surface area contributed by atoms with Crippen LogP contribution in [0.1, 0.15) is 47.5 Å². The summed E-state index contributed by atoms with van der Waals surface area (Å²) in [5.41, 5.74) is 4.18. The Balaban J connectivity index is 1.46. The summed E-state index contributed by atoms with van der Waals surface area (Å²) in [4.78, 5) is 22.2. The highest BCUT2D eigenvalue weighted by atomic mass is 35.5. The van der Waals surface area contributed by atoms with Gasteiger partial charge in [-0.25, -0.2) is 18.7 Å². The number of aryl methyl sites for hydroxylation is 2. The van der Waals surface area contributed by atoms with Crippen molar-refractivity contribution in [2.24, 2.45) is 0 Å². The van der Waals surface area contributed by atoms with Crippen LogP contribution < -0.4 is 5.32 Å². The van der Waals surface area contributed by atoms with E-state index in [1.54, 1.807) is 17.0 Å². The fourth-order valence-corrected chi connectivity index (χ4v) is 4.96. The van der Waals surface area contributed by atoms with Crippen molar-refractivity contribution in [2.45, 2.75) is 51.6 Å². The summed E-state index contributed by atoms with van der Waals surface area (Å²) >= 11 is 6.13. The maximum Gasteiger partial charge on any atom is 0.240 e. The van der Waals surface area contributed by atoms with Gasteiger partial charge >= 0.3 is 0 Å². The summed E-state index contributed by atoms with van der Waals surface area (Å²) in [7, 11) is 0. The molecule has 0 radical (unpaired) electrons. The highest BCUT2D eigenvalue weighted by Crippen LogP contribution is 2.38. The number of fused-ring (bicyclic) bond motifs is 1. The molecule has 2 aromatic carbocycles. The maximum absolute atomic E-state index is 14.0. The molecule has 4 aromatic rings. The third-order valence-corrected chi connectivity index (χ3v) is 7.30. The standard InChI is InChI=1S/C29H27ClF2N4O2/c1-17-8-23-25(9-18(17)2)36(15-33-23)14-26(37)35-24(12-19-10-21(31)13-22(32)11-19)27-28(38-16-34-27)29(3)6-4-20(30)5-7-29/h4-6,8-11,13,15-16,24H,7,12,14H2,1-3H3,(H,35,37). The second kappa shape index (κ2) is 10.2. The van der Waals surface area contributed by atoms with Crippen LogP contribution in [0.5, 0.6) is 0 Å². The predicted molar refractivity (Wildman–Crippen MR) is 142 cm³/mol. The molecule has 0 spiro atoms. The molecular formula is C29H27ClF2N4O2. The van der Waals surface area contributed by atoms with Crippen LogP contribution in [0.25, 0.3) is 11.0 Å². The van der Waals surface area contributed by atoms with Crippen molar-refractivity contribution in [3.05, 3.63) is 106 Å². The van der Waals surface area contributed by atoms with Gasteiger partial charge in [-0.2, -0.15) is 0 Å². The molecule has 2 unspecified atom stereocenters. The normalized spacial score (nSPS) is 18.0. The van der Waals surface area contributed by atoms with E-state index >= 15 is 0 Å². The van der Waals surface area contributed by atoms with E-state index < -0.39 is 23.1 Å². The summed E-state index contributed by atoms with van der Waals surface area (Å²) in [6, 6.07) is 6.60. The maximum atomic E-state index is 14.0. The zero-order valence-electron chi connectivity index (χ0n) is 21.3. The zero-order chi connectivity index (χ0) is 27.0. The van der Waals surface area contributed by atoms with Crippen LogP contribution in [0.3, 0.4) is 0 Å². The molecular weight excluding hydrogens is 510 g/mol. The Morgan fingerprint density at radius 2 is 1.89 bits per heavy atom. The van der Waals surface area contributed by atoms with Crippen LogP contribution in [-0.2, 0) is 23.2 Å². The van der Waals surface area contributed by atoms with Gasteiger partial charge in [-0.1, -0.05) is 23.8 Å². The smallest absolute Gasteiger partial charge is 0.240 e. The predicted octanol–water partition coefficient (Wildman–Crippen LogP) is 6.36. The Bertz CT molecular complexity index is 1570. The number of oxazole rings is 1. The van der Waals surface area contributed by atoms with Crippen molar-refractivity contribution in [3.63, 3.8) is 0 Å². The quantitative estimate of drug-likeness (QED) is 0.298. The average Bonchev–Trinajstić information content (AvgIpc) is 3.49. The van der Waals surface area contributed by atoms with Gasteiger partial charge in [0.1, 0.15) is 29.6 Å². The first-order chi connectivity index (χ1) is 18.1. The molecule has 6 nitrogen and oxygen atoms in total. The lowest BCUT2D eigenvalue weighted by Gasteiger charge is -2.28. The van der Waals surface area contributed by atoms with Gasteiger partial charge < -0.3 is 14.3 Å². The number of nitrogens with one attached hydrogen (secondary N) is 1. The summed E-state index contributed by atoms with van der Waals surface area (Å²) in [5.74, 6) is -1.13. The largest absolute Gasteiger partial charge is 0.447 e. The van der Waals surface area contributed by atoms with Crippen LogP contribution in [0, 0.1) is 25.5 Å². The molecule has 1 amide bonds. The van der Waals surface area contributed by atoms with Crippen LogP contribution >= 0.6 is 11.6 Å². The van der Waals surface area contributed by atoms with E-state index in [1.807, 2.05) is 45.1 Å². The number of halogens is 3. The van der Waals surface area contributed by atoms with E-state index in [2.05, 4.69) is 15.3 Å². The van der Waals surface area contributed by atoms with Gasteiger partial charge in [0.2, 0.25) is 5.91 Å². The molecule has 0 bridgehead atoms. The summed E-state index contributed by atoms with van der Waals surface area (Å²) < 4.78 is 35.6. The molecule has 5 rings (SSSR count). The molecule has 38 heavy (non-hydrogen) atoms. The lowest BCUT2D eigenvalue weighted by Crippen LogP contribution is -2.34. The Morgan fingerprint density at radius 3 is 2.61 bits per heavy atom. The van der Waals surface area contributed by atoms with Gasteiger partial charge in [-0.3, -0.25) is 4.79 Å². The van der Waals surface area contributed by atoms with Gasteiger partial charge in [0.25, 0.3) is 0 Å². The lowest BCUT2D eigenvalue weighted by molar-refractivity contribution is -0.122. The van der Waals surface area contributed by atoms with Crippen molar-refractivity contribution in [3.8, 4) is 0 Å². The van der Waals surface area contributed by atoms with Gasteiger partial charge in [-0.05, 0) is 80.6 Å². The van der Waals surface area contributed by atoms with E-state index in [1.165, 1.54) is 18.5 Å². The van der Waals surface area contributed by atoms with Crippen molar-refractivity contribution < 1.29 is 18.0 Å². The minimum absolute atomic E-state index is 0.00964. The van der Waals surface area contributed by atoms with Crippen LogP contribution in [0.15, 0.2) is 70.7 Å². The number of hydrogen-bond acceptors (Lipinski definition) is 4. The molecule has 196 valence electrons. The fraction of sp³-hybridized carbons (Fsp3) is 0.276. The van der Waals surface area contributed by atoms with E-state index in [-0.39, 0.29) is 18.9 Å². The molecule has 0 aliphatic heterocycles. The number of allylic oxidation sites excluding steroid dienone is 4. The molecule has 1 aliphatic rings. The first kappa shape index (κ1) is 25.9.